The van der Waals surface area contributed by atoms with E-state index < -0.39 is 0 Å². The average Bonchev–Trinajstić information content (AvgIpc) is 3.08. The molecular formula is C20H21N5OS. The van der Waals surface area contributed by atoms with Crippen molar-refractivity contribution in [2.24, 2.45) is 0 Å². The Kier molecular flexibility index (Phi) is 4.85. The van der Waals surface area contributed by atoms with Crippen molar-refractivity contribution < 1.29 is 4.79 Å². The lowest BCUT2D eigenvalue weighted by Crippen LogP contribution is -2.41. The summed E-state index contributed by atoms with van der Waals surface area (Å²) < 4.78 is 1.85. The van der Waals surface area contributed by atoms with E-state index in [0.717, 1.165) is 23.5 Å². The van der Waals surface area contributed by atoms with E-state index in [9.17, 15) is 4.79 Å². The van der Waals surface area contributed by atoms with E-state index in [-0.39, 0.29) is 17.2 Å². The van der Waals surface area contributed by atoms with E-state index in [1.807, 2.05) is 66.2 Å². The molecule has 1 aliphatic rings. The third-order valence-corrected chi connectivity index (χ3v) is 5.86. The molecule has 0 saturated heterocycles. The summed E-state index contributed by atoms with van der Waals surface area (Å²) in [6.45, 7) is 4.00. The van der Waals surface area contributed by atoms with E-state index in [1.54, 1.807) is 0 Å². The zero-order valence-corrected chi connectivity index (χ0v) is 16.0. The van der Waals surface area contributed by atoms with Crippen LogP contribution in [0, 0.1) is 6.92 Å². The summed E-state index contributed by atoms with van der Waals surface area (Å²) in [4.78, 5) is 13.1. The van der Waals surface area contributed by atoms with Gasteiger partial charge in [0.1, 0.15) is 11.1 Å². The fraction of sp³-hybridized carbons (Fsp3) is 0.250. The van der Waals surface area contributed by atoms with Gasteiger partial charge >= 0.3 is 0 Å². The maximum atomic E-state index is 13.1. The van der Waals surface area contributed by atoms with E-state index in [1.165, 1.54) is 17.3 Å². The number of rotatable bonds is 4. The third kappa shape index (κ3) is 3.55. The number of thioether (sulfide) groups is 1. The number of hydrogen-bond acceptors (Lipinski definition) is 5. The first-order valence-corrected chi connectivity index (χ1v) is 9.83. The summed E-state index contributed by atoms with van der Waals surface area (Å²) >= 11 is 1.43. The molecule has 1 amide bonds. The normalized spacial score (nSPS) is 18.4. The number of nitrogens with zero attached hydrogens (tertiary/aromatic N) is 3. The minimum Gasteiger partial charge on any atom is -0.325 e. The van der Waals surface area contributed by atoms with Crippen molar-refractivity contribution in [2.75, 3.05) is 10.7 Å². The molecule has 2 atom stereocenters. The number of fused-ring (bicyclic) bond motifs is 1. The number of nitrogens with one attached hydrogen (secondary N) is 2. The van der Waals surface area contributed by atoms with Gasteiger partial charge in [0.15, 0.2) is 0 Å². The number of amides is 1. The highest BCUT2D eigenvalue weighted by Gasteiger charge is 2.37. The molecule has 0 saturated carbocycles. The molecule has 6 nitrogen and oxygen atoms in total. The number of aryl methyl sites for hydroxylation is 2. The number of benzene rings is 2. The third-order valence-electron chi connectivity index (χ3n) is 4.65. The molecule has 2 unspecified atom stereocenters. The van der Waals surface area contributed by atoms with Crippen molar-refractivity contribution in [1.82, 2.24) is 14.9 Å². The Labute approximate surface area is 162 Å². The van der Waals surface area contributed by atoms with Crippen molar-refractivity contribution in [2.45, 2.75) is 36.7 Å². The van der Waals surface area contributed by atoms with Crippen LogP contribution in [-0.2, 0) is 11.2 Å². The van der Waals surface area contributed by atoms with Crippen LogP contribution < -0.4 is 10.7 Å². The first kappa shape index (κ1) is 17.6. The monoisotopic (exact) mass is 379 g/mol. The van der Waals surface area contributed by atoms with Gasteiger partial charge in [-0.25, -0.2) is 4.68 Å². The molecule has 0 fully saturated rings. The van der Waals surface area contributed by atoms with Crippen molar-refractivity contribution >= 4 is 23.4 Å². The molecule has 0 bridgehead atoms. The lowest BCUT2D eigenvalue weighted by Gasteiger charge is -2.32. The van der Waals surface area contributed by atoms with Crippen molar-refractivity contribution in [3.8, 4) is 0 Å². The lowest BCUT2D eigenvalue weighted by atomic mass is 10.0. The fourth-order valence-electron chi connectivity index (χ4n) is 3.11. The molecule has 3 aromatic rings. The Balaban J connectivity index is 1.62. The van der Waals surface area contributed by atoms with Crippen LogP contribution in [0.2, 0.25) is 0 Å². The molecule has 2 aromatic carbocycles. The summed E-state index contributed by atoms with van der Waals surface area (Å²) in [5.74, 6) is 0.713. The summed E-state index contributed by atoms with van der Waals surface area (Å²) in [5, 5.41) is 11.7. The Morgan fingerprint density at radius 2 is 1.89 bits per heavy atom. The highest BCUT2D eigenvalue weighted by Crippen LogP contribution is 2.37. The minimum absolute atomic E-state index is 0.0579. The van der Waals surface area contributed by atoms with Crippen LogP contribution in [0.25, 0.3) is 0 Å². The summed E-state index contributed by atoms with van der Waals surface area (Å²) in [6.07, 6.45) is 0.974. The van der Waals surface area contributed by atoms with Gasteiger partial charge < -0.3 is 10.7 Å². The summed E-state index contributed by atoms with van der Waals surface area (Å²) in [6, 6.07) is 17.8. The highest BCUT2D eigenvalue weighted by molar-refractivity contribution is 8.00. The van der Waals surface area contributed by atoms with Gasteiger partial charge in [-0.2, -0.15) is 0 Å². The van der Waals surface area contributed by atoms with E-state index in [2.05, 4.69) is 27.9 Å². The number of carbonyl (C=O) groups is 1. The highest BCUT2D eigenvalue weighted by atomic mass is 32.2. The molecule has 1 aromatic heterocycles. The Hall–Kier alpha value is -2.80. The topological polar surface area (TPSA) is 71.8 Å². The van der Waals surface area contributed by atoms with Crippen LogP contribution in [0.4, 0.5) is 5.69 Å². The zero-order chi connectivity index (χ0) is 18.8. The van der Waals surface area contributed by atoms with Crippen molar-refractivity contribution in [3.63, 3.8) is 0 Å². The number of anilines is 1. The molecule has 0 spiro atoms. The van der Waals surface area contributed by atoms with Gasteiger partial charge in [0, 0.05) is 5.69 Å². The second-order valence-electron chi connectivity index (χ2n) is 6.46. The largest absolute Gasteiger partial charge is 0.325 e. The van der Waals surface area contributed by atoms with Crippen LogP contribution in [0.5, 0.6) is 0 Å². The van der Waals surface area contributed by atoms with Crippen LogP contribution >= 0.6 is 11.8 Å². The maximum Gasteiger partial charge on any atom is 0.240 e. The Bertz CT molecular complexity index is 939. The second-order valence-corrected chi connectivity index (χ2v) is 7.57. The molecule has 2 heterocycles. The van der Waals surface area contributed by atoms with Gasteiger partial charge in [0.25, 0.3) is 0 Å². The molecular weight excluding hydrogens is 358 g/mol. The van der Waals surface area contributed by atoms with Gasteiger partial charge in [-0.1, -0.05) is 61.2 Å². The predicted octanol–water partition coefficient (Wildman–Crippen LogP) is 3.55. The van der Waals surface area contributed by atoms with E-state index in [4.69, 9.17) is 0 Å². The van der Waals surface area contributed by atoms with Gasteiger partial charge in [0.2, 0.25) is 11.1 Å². The van der Waals surface area contributed by atoms with Crippen molar-refractivity contribution in [3.05, 3.63) is 71.5 Å². The smallest absolute Gasteiger partial charge is 0.240 e. The maximum absolute atomic E-state index is 13.1. The Morgan fingerprint density at radius 1 is 1.15 bits per heavy atom. The average molecular weight is 379 g/mol. The van der Waals surface area contributed by atoms with Crippen molar-refractivity contribution in [1.29, 1.82) is 0 Å². The number of hydrogen-bond donors (Lipinski definition) is 2. The lowest BCUT2D eigenvalue weighted by molar-refractivity contribution is -0.116. The molecule has 4 rings (SSSR count). The van der Waals surface area contributed by atoms with Gasteiger partial charge in [-0.3, -0.25) is 4.79 Å². The molecule has 0 aliphatic carbocycles. The molecule has 1 aliphatic heterocycles. The minimum atomic E-state index is -0.366. The molecule has 2 N–H and O–H groups in total. The van der Waals surface area contributed by atoms with Crippen LogP contribution in [0.1, 0.15) is 29.9 Å². The fourth-order valence-corrected chi connectivity index (χ4v) is 4.23. The molecule has 27 heavy (non-hydrogen) atoms. The Morgan fingerprint density at radius 3 is 2.59 bits per heavy atom. The number of aromatic nitrogens is 3. The molecule has 138 valence electrons. The van der Waals surface area contributed by atoms with Crippen LogP contribution in [0.3, 0.4) is 0 Å². The van der Waals surface area contributed by atoms with E-state index >= 15 is 0 Å². The summed E-state index contributed by atoms with van der Waals surface area (Å²) in [7, 11) is 0. The van der Waals surface area contributed by atoms with E-state index in [0.29, 0.717) is 5.16 Å². The van der Waals surface area contributed by atoms with Crippen LogP contribution in [-0.4, -0.2) is 26.0 Å². The standard InChI is InChI=1S/C20H21N5OS/c1-3-14-9-11-16(12-10-14)21-19(26)18-17(15-7-5-4-6-8-15)24-25-13(2)22-23-20(25)27-18/h4-12,17-18,24H,3H2,1-2H3,(H,21,26). The zero-order valence-electron chi connectivity index (χ0n) is 15.2. The van der Waals surface area contributed by atoms with Gasteiger partial charge in [-0.15, -0.1) is 10.2 Å². The number of carbonyl (C=O) groups excluding carboxylic acids is 1. The quantitative estimate of drug-likeness (QED) is 0.725. The first-order valence-electron chi connectivity index (χ1n) is 8.95. The summed E-state index contributed by atoms with van der Waals surface area (Å²) in [5.41, 5.74) is 6.49. The molecule has 7 heteroatoms. The second kappa shape index (κ2) is 7.44. The molecule has 0 radical (unpaired) electrons. The first-order chi connectivity index (χ1) is 13.2. The van der Waals surface area contributed by atoms with Crippen LogP contribution in [0.15, 0.2) is 59.8 Å². The van der Waals surface area contributed by atoms with Gasteiger partial charge in [0.05, 0.1) is 6.04 Å². The van der Waals surface area contributed by atoms with Gasteiger partial charge in [-0.05, 0) is 36.6 Å². The predicted molar refractivity (Wildman–Crippen MR) is 107 cm³/mol. The SMILES string of the molecule is CCc1ccc(NC(=O)C2Sc3nnc(C)n3NC2c2ccccc2)cc1.